The van der Waals surface area contributed by atoms with Crippen LogP contribution in [-0.2, 0) is 5.41 Å². The number of anilines is 4. The van der Waals surface area contributed by atoms with Gasteiger partial charge in [-0.05, 0) is 115 Å². The van der Waals surface area contributed by atoms with Gasteiger partial charge in [0.25, 0.3) is 0 Å². The van der Waals surface area contributed by atoms with Gasteiger partial charge in [0.1, 0.15) is 5.37 Å². The molecule has 11 rings (SSSR count). The van der Waals surface area contributed by atoms with E-state index in [1.54, 1.807) is 0 Å². The van der Waals surface area contributed by atoms with Crippen LogP contribution < -0.4 is 10.2 Å². The van der Waals surface area contributed by atoms with Crippen molar-refractivity contribution in [2.45, 2.75) is 29.5 Å². The summed E-state index contributed by atoms with van der Waals surface area (Å²) in [5, 5.41) is 9.16. The second kappa shape index (κ2) is 13.3. The lowest BCUT2D eigenvalue weighted by atomic mass is 9.82. The average Bonchev–Trinajstić information content (AvgIpc) is 3.81. The molecule has 272 valence electrons. The van der Waals surface area contributed by atoms with Gasteiger partial charge in [-0.3, -0.25) is 0 Å². The van der Waals surface area contributed by atoms with E-state index in [9.17, 15) is 0 Å². The molecule has 0 fully saturated rings. The molecule has 1 heterocycles. The van der Waals surface area contributed by atoms with Gasteiger partial charge in [0.15, 0.2) is 0 Å². The maximum absolute atomic E-state index is 3.87. The minimum Gasteiger partial charge on any atom is -0.368 e. The minimum absolute atomic E-state index is 0.0887. The number of hydrogen-bond donors (Lipinski definition) is 1. The maximum Gasteiger partial charge on any atom is 0.103 e. The Morgan fingerprint density at radius 1 is 0.474 bits per heavy atom. The van der Waals surface area contributed by atoms with Gasteiger partial charge in [0.2, 0.25) is 0 Å². The molecule has 1 atom stereocenters. The van der Waals surface area contributed by atoms with E-state index in [2.05, 4.69) is 218 Å². The molecule has 2 aliphatic rings. The second-order valence-electron chi connectivity index (χ2n) is 15.8. The van der Waals surface area contributed by atoms with E-state index < -0.39 is 0 Å². The minimum atomic E-state index is -0.0887. The van der Waals surface area contributed by atoms with Gasteiger partial charge in [0.05, 0.1) is 5.69 Å². The van der Waals surface area contributed by atoms with Crippen LogP contribution >= 0.6 is 11.8 Å². The first kappa shape index (κ1) is 33.8. The Bertz CT molecular complexity index is 2970. The summed E-state index contributed by atoms with van der Waals surface area (Å²) in [5.74, 6) is 0. The third-order valence-corrected chi connectivity index (χ3v) is 13.3. The van der Waals surface area contributed by atoms with Crippen LogP contribution in [0.1, 0.15) is 35.9 Å². The third kappa shape index (κ3) is 5.64. The standard InChI is InChI=1S/C54H40N2S/c1-54(2)48-16-10-9-15-46(48)47-31-29-44(34-49(47)54)56(42-25-19-36(20-26-42)35-11-5-3-6-12-35)43-27-21-37(22-28-43)40-23-30-45-41(33-40)18-17-38-24-32-50-52(51(38)45)55-53(57-50)39-13-7-4-8-14-39/h3-34,53,55H,1-2H3. The zero-order valence-electron chi connectivity index (χ0n) is 31.9. The Morgan fingerprint density at radius 3 is 1.81 bits per heavy atom. The van der Waals surface area contributed by atoms with Crippen molar-refractivity contribution in [2.24, 2.45) is 0 Å². The summed E-state index contributed by atoms with van der Waals surface area (Å²) in [6, 6.07) is 71.3. The van der Waals surface area contributed by atoms with E-state index in [-0.39, 0.29) is 10.8 Å². The molecule has 2 nitrogen and oxygen atoms in total. The van der Waals surface area contributed by atoms with Crippen molar-refractivity contribution in [3.8, 4) is 33.4 Å². The molecule has 9 aromatic carbocycles. The van der Waals surface area contributed by atoms with Crippen LogP contribution in [0.2, 0.25) is 0 Å². The van der Waals surface area contributed by atoms with Gasteiger partial charge in [-0.2, -0.15) is 0 Å². The van der Waals surface area contributed by atoms with Crippen molar-refractivity contribution < 1.29 is 0 Å². The molecule has 1 aliphatic heterocycles. The number of thioether (sulfide) groups is 1. The van der Waals surface area contributed by atoms with Crippen molar-refractivity contribution in [3.05, 3.63) is 211 Å². The molecule has 0 spiro atoms. The lowest BCUT2D eigenvalue weighted by Crippen LogP contribution is -2.16. The highest BCUT2D eigenvalue weighted by Crippen LogP contribution is 2.52. The molecule has 1 unspecified atom stereocenters. The van der Waals surface area contributed by atoms with E-state index >= 15 is 0 Å². The monoisotopic (exact) mass is 748 g/mol. The molecule has 0 aromatic heterocycles. The predicted molar refractivity (Wildman–Crippen MR) is 243 cm³/mol. The van der Waals surface area contributed by atoms with Gasteiger partial charge >= 0.3 is 0 Å². The van der Waals surface area contributed by atoms with Gasteiger partial charge in [-0.25, -0.2) is 0 Å². The fraction of sp³-hybridized carbons (Fsp3) is 0.0741. The number of nitrogens with one attached hydrogen (secondary N) is 1. The lowest BCUT2D eigenvalue weighted by molar-refractivity contribution is 0.660. The van der Waals surface area contributed by atoms with Crippen molar-refractivity contribution in [1.29, 1.82) is 0 Å². The molecule has 0 amide bonds. The highest BCUT2D eigenvalue weighted by atomic mass is 32.2. The van der Waals surface area contributed by atoms with Gasteiger partial charge in [-0.1, -0.05) is 171 Å². The number of rotatable bonds is 6. The van der Waals surface area contributed by atoms with Gasteiger partial charge < -0.3 is 10.2 Å². The van der Waals surface area contributed by atoms with Crippen molar-refractivity contribution >= 4 is 56.1 Å². The van der Waals surface area contributed by atoms with E-state index in [0.29, 0.717) is 0 Å². The lowest BCUT2D eigenvalue weighted by Gasteiger charge is -2.28. The van der Waals surface area contributed by atoms with Crippen LogP contribution in [0.4, 0.5) is 22.7 Å². The first-order chi connectivity index (χ1) is 28.0. The molecule has 1 N–H and O–H groups in total. The van der Waals surface area contributed by atoms with E-state index in [0.717, 1.165) is 17.1 Å². The molecule has 0 saturated carbocycles. The zero-order valence-corrected chi connectivity index (χ0v) is 32.7. The Balaban J connectivity index is 0.965. The van der Waals surface area contributed by atoms with Crippen molar-refractivity contribution in [2.75, 3.05) is 10.2 Å². The summed E-state index contributed by atoms with van der Waals surface area (Å²) in [4.78, 5) is 3.71. The molecule has 0 saturated heterocycles. The van der Waals surface area contributed by atoms with Crippen molar-refractivity contribution in [3.63, 3.8) is 0 Å². The van der Waals surface area contributed by atoms with Crippen molar-refractivity contribution in [1.82, 2.24) is 0 Å². The summed E-state index contributed by atoms with van der Waals surface area (Å²) in [7, 11) is 0. The second-order valence-corrected chi connectivity index (χ2v) is 16.9. The number of nitrogens with zero attached hydrogens (tertiary/aromatic N) is 1. The Labute approximate surface area is 338 Å². The fourth-order valence-electron chi connectivity index (χ4n) is 9.14. The molecule has 3 heteroatoms. The summed E-state index contributed by atoms with van der Waals surface area (Å²) < 4.78 is 0. The van der Waals surface area contributed by atoms with Gasteiger partial charge in [-0.15, -0.1) is 0 Å². The van der Waals surface area contributed by atoms with Crippen LogP contribution in [-0.4, -0.2) is 0 Å². The summed E-state index contributed by atoms with van der Waals surface area (Å²) in [6.07, 6.45) is 0. The topological polar surface area (TPSA) is 15.3 Å². The molecule has 9 aromatic rings. The largest absolute Gasteiger partial charge is 0.368 e. The summed E-state index contributed by atoms with van der Waals surface area (Å²) >= 11 is 1.90. The molecule has 0 bridgehead atoms. The smallest absolute Gasteiger partial charge is 0.103 e. The zero-order chi connectivity index (χ0) is 38.1. The first-order valence-corrected chi connectivity index (χ1v) is 20.7. The first-order valence-electron chi connectivity index (χ1n) is 19.8. The fourth-order valence-corrected chi connectivity index (χ4v) is 10.3. The van der Waals surface area contributed by atoms with Crippen LogP contribution in [0.5, 0.6) is 0 Å². The number of hydrogen-bond acceptors (Lipinski definition) is 3. The van der Waals surface area contributed by atoms with Crippen LogP contribution in [0, 0.1) is 0 Å². The van der Waals surface area contributed by atoms with Crippen LogP contribution in [0.3, 0.4) is 0 Å². The predicted octanol–water partition coefficient (Wildman–Crippen LogP) is 15.3. The normalized spacial score (nSPS) is 14.9. The summed E-state index contributed by atoms with van der Waals surface area (Å²) in [5.41, 5.74) is 16.1. The quantitative estimate of drug-likeness (QED) is 0.171. The highest BCUT2D eigenvalue weighted by Gasteiger charge is 2.35. The number of fused-ring (bicyclic) bond motifs is 8. The average molecular weight is 749 g/mol. The Hall–Kier alpha value is -6.55. The third-order valence-electron chi connectivity index (χ3n) is 12.1. The van der Waals surface area contributed by atoms with Crippen LogP contribution in [0.25, 0.3) is 54.9 Å². The van der Waals surface area contributed by atoms with E-state index in [4.69, 9.17) is 0 Å². The SMILES string of the molecule is CC1(C)c2ccccc2-c2ccc(N(c3ccc(-c4ccccc4)cc3)c3ccc(-c4ccc5c(ccc6ccc7c(c65)NC(c5ccccc5)S7)c4)cc3)cc21. The molecular weight excluding hydrogens is 709 g/mol. The molecule has 57 heavy (non-hydrogen) atoms. The molecular formula is C54H40N2S. The Morgan fingerprint density at radius 2 is 1.05 bits per heavy atom. The maximum atomic E-state index is 3.87. The number of benzene rings is 9. The van der Waals surface area contributed by atoms with E-state index in [1.807, 2.05) is 11.8 Å². The Kier molecular flexibility index (Phi) is 7.87. The van der Waals surface area contributed by atoms with Crippen LogP contribution in [0.15, 0.2) is 199 Å². The van der Waals surface area contributed by atoms with E-state index in [1.165, 1.54) is 82.2 Å². The summed E-state index contributed by atoms with van der Waals surface area (Å²) in [6.45, 7) is 4.71. The molecule has 1 aliphatic carbocycles. The van der Waals surface area contributed by atoms with Gasteiger partial charge in [0, 0.05) is 32.8 Å². The molecule has 0 radical (unpaired) electrons. The highest BCUT2D eigenvalue weighted by molar-refractivity contribution is 8.00.